The molecular formula is C12H20N2O3S. The van der Waals surface area contributed by atoms with Crippen molar-refractivity contribution >= 4 is 10.0 Å². The quantitative estimate of drug-likeness (QED) is 0.724. The molecule has 0 aromatic heterocycles. The van der Waals surface area contributed by atoms with Crippen LogP contribution in [0.3, 0.4) is 0 Å². The SMILES string of the molecule is COc1cccc(C(C)NCCNS(C)(=O)=O)c1. The van der Waals surface area contributed by atoms with Gasteiger partial charge in [0.1, 0.15) is 5.75 Å². The lowest BCUT2D eigenvalue weighted by Crippen LogP contribution is -2.32. The van der Waals surface area contributed by atoms with Gasteiger partial charge in [-0.05, 0) is 24.6 Å². The predicted octanol–water partition coefficient (Wildman–Crippen LogP) is 0.895. The third kappa shape index (κ3) is 5.48. The van der Waals surface area contributed by atoms with Gasteiger partial charge in [0.05, 0.1) is 13.4 Å². The number of ether oxygens (including phenoxy) is 1. The van der Waals surface area contributed by atoms with E-state index >= 15 is 0 Å². The third-order valence-electron chi connectivity index (χ3n) is 2.53. The average Bonchev–Trinajstić information content (AvgIpc) is 2.33. The predicted molar refractivity (Wildman–Crippen MR) is 72.3 cm³/mol. The standard InChI is InChI=1S/C12H20N2O3S/c1-10(13-7-8-14-18(3,15)16)11-5-4-6-12(9-11)17-2/h4-6,9-10,13-14H,7-8H2,1-3H3. The lowest BCUT2D eigenvalue weighted by Gasteiger charge is -2.15. The molecule has 0 saturated heterocycles. The third-order valence-corrected chi connectivity index (χ3v) is 3.26. The maximum atomic E-state index is 10.9. The number of sulfonamides is 1. The number of benzene rings is 1. The van der Waals surface area contributed by atoms with Crippen LogP contribution in [0.4, 0.5) is 0 Å². The molecule has 0 aliphatic rings. The van der Waals surface area contributed by atoms with Crippen LogP contribution in [0.2, 0.25) is 0 Å². The molecule has 0 amide bonds. The highest BCUT2D eigenvalue weighted by Gasteiger charge is 2.06. The first-order valence-electron chi connectivity index (χ1n) is 5.74. The van der Waals surface area contributed by atoms with E-state index in [9.17, 15) is 8.42 Å². The molecule has 2 N–H and O–H groups in total. The highest BCUT2D eigenvalue weighted by Crippen LogP contribution is 2.18. The van der Waals surface area contributed by atoms with Crippen molar-refractivity contribution in [3.8, 4) is 5.75 Å². The van der Waals surface area contributed by atoms with Crippen LogP contribution in [-0.4, -0.2) is 34.9 Å². The first-order chi connectivity index (χ1) is 8.42. The van der Waals surface area contributed by atoms with Crippen LogP contribution >= 0.6 is 0 Å². The van der Waals surface area contributed by atoms with Crippen molar-refractivity contribution < 1.29 is 13.2 Å². The molecule has 0 radical (unpaired) electrons. The van der Waals surface area contributed by atoms with E-state index in [0.717, 1.165) is 17.6 Å². The molecule has 5 nitrogen and oxygen atoms in total. The molecule has 1 unspecified atom stereocenters. The number of nitrogens with one attached hydrogen (secondary N) is 2. The van der Waals surface area contributed by atoms with Gasteiger partial charge < -0.3 is 10.1 Å². The Hall–Kier alpha value is -1.11. The Morgan fingerprint density at radius 3 is 2.67 bits per heavy atom. The van der Waals surface area contributed by atoms with Crippen molar-refractivity contribution in [3.05, 3.63) is 29.8 Å². The first kappa shape index (κ1) is 14.9. The monoisotopic (exact) mass is 272 g/mol. The molecule has 0 aliphatic heterocycles. The molecule has 1 aromatic rings. The van der Waals surface area contributed by atoms with E-state index in [1.54, 1.807) is 7.11 Å². The van der Waals surface area contributed by atoms with Gasteiger partial charge in [0, 0.05) is 19.1 Å². The molecule has 18 heavy (non-hydrogen) atoms. The second kappa shape index (κ2) is 6.72. The summed E-state index contributed by atoms with van der Waals surface area (Å²) >= 11 is 0. The van der Waals surface area contributed by atoms with Crippen molar-refractivity contribution in [3.63, 3.8) is 0 Å². The summed E-state index contributed by atoms with van der Waals surface area (Å²) in [6, 6.07) is 7.93. The largest absolute Gasteiger partial charge is 0.497 e. The van der Waals surface area contributed by atoms with Crippen molar-refractivity contribution in [2.24, 2.45) is 0 Å². The van der Waals surface area contributed by atoms with Crippen LogP contribution in [0.5, 0.6) is 5.75 Å². The van der Waals surface area contributed by atoms with Gasteiger partial charge in [-0.2, -0.15) is 0 Å². The zero-order valence-corrected chi connectivity index (χ0v) is 11.8. The maximum absolute atomic E-state index is 10.9. The van der Waals surface area contributed by atoms with Gasteiger partial charge in [-0.25, -0.2) is 13.1 Å². The summed E-state index contributed by atoms with van der Waals surface area (Å²) in [5.41, 5.74) is 1.11. The molecule has 102 valence electrons. The van der Waals surface area contributed by atoms with Gasteiger partial charge in [-0.1, -0.05) is 12.1 Å². The summed E-state index contributed by atoms with van der Waals surface area (Å²) in [6.45, 7) is 2.98. The molecule has 0 saturated carbocycles. The Labute approximate surface area is 109 Å². The molecule has 1 rings (SSSR count). The van der Waals surface area contributed by atoms with Crippen molar-refractivity contribution in [1.82, 2.24) is 10.0 Å². The minimum Gasteiger partial charge on any atom is -0.497 e. The first-order valence-corrected chi connectivity index (χ1v) is 7.63. The molecule has 6 heteroatoms. The zero-order valence-electron chi connectivity index (χ0n) is 10.9. The van der Waals surface area contributed by atoms with E-state index in [1.165, 1.54) is 0 Å². The van der Waals surface area contributed by atoms with Gasteiger partial charge in [0.25, 0.3) is 0 Å². The second-order valence-electron chi connectivity index (χ2n) is 4.12. The molecule has 1 atom stereocenters. The summed E-state index contributed by atoms with van der Waals surface area (Å²) in [4.78, 5) is 0. The lowest BCUT2D eigenvalue weighted by molar-refractivity contribution is 0.413. The van der Waals surface area contributed by atoms with Crippen LogP contribution in [0.25, 0.3) is 0 Å². The molecular weight excluding hydrogens is 252 g/mol. The van der Waals surface area contributed by atoms with Crippen molar-refractivity contribution in [1.29, 1.82) is 0 Å². The molecule has 0 heterocycles. The number of hydrogen-bond donors (Lipinski definition) is 2. The Balaban J connectivity index is 2.42. The van der Waals surface area contributed by atoms with E-state index in [1.807, 2.05) is 31.2 Å². The molecule has 0 spiro atoms. The number of hydrogen-bond acceptors (Lipinski definition) is 4. The van der Waals surface area contributed by atoms with E-state index in [-0.39, 0.29) is 6.04 Å². The smallest absolute Gasteiger partial charge is 0.208 e. The lowest BCUT2D eigenvalue weighted by atomic mass is 10.1. The van der Waals surface area contributed by atoms with Crippen LogP contribution in [-0.2, 0) is 10.0 Å². The summed E-state index contributed by atoms with van der Waals surface area (Å²) in [7, 11) is -1.48. The van der Waals surface area contributed by atoms with Crippen LogP contribution in [0.15, 0.2) is 24.3 Å². The van der Waals surface area contributed by atoms with Crippen LogP contribution in [0, 0.1) is 0 Å². The minimum absolute atomic E-state index is 0.140. The fourth-order valence-corrected chi connectivity index (χ4v) is 2.03. The zero-order chi connectivity index (χ0) is 13.6. The summed E-state index contributed by atoms with van der Waals surface area (Å²) in [5, 5.41) is 3.24. The van der Waals surface area contributed by atoms with Gasteiger partial charge in [-0.15, -0.1) is 0 Å². The van der Waals surface area contributed by atoms with E-state index < -0.39 is 10.0 Å². The maximum Gasteiger partial charge on any atom is 0.208 e. The van der Waals surface area contributed by atoms with Crippen molar-refractivity contribution in [2.75, 3.05) is 26.5 Å². The highest BCUT2D eigenvalue weighted by molar-refractivity contribution is 7.88. The van der Waals surface area contributed by atoms with Gasteiger partial charge in [0.2, 0.25) is 10.0 Å². The molecule has 0 bridgehead atoms. The minimum atomic E-state index is -3.11. The molecule has 0 aliphatic carbocycles. The number of rotatable bonds is 7. The van der Waals surface area contributed by atoms with Gasteiger partial charge in [-0.3, -0.25) is 0 Å². The van der Waals surface area contributed by atoms with E-state index in [2.05, 4.69) is 10.0 Å². The van der Waals surface area contributed by atoms with E-state index in [4.69, 9.17) is 4.74 Å². The summed E-state index contributed by atoms with van der Waals surface area (Å²) < 4.78 is 29.3. The molecule has 0 fully saturated rings. The summed E-state index contributed by atoms with van der Waals surface area (Å²) in [5.74, 6) is 0.815. The van der Waals surface area contributed by atoms with Crippen LogP contribution < -0.4 is 14.8 Å². The molecule has 1 aromatic carbocycles. The fourth-order valence-electron chi connectivity index (χ4n) is 1.55. The Morgan fingerprint density at radius 2 is 2.06 bits per heavy atom. The van der Waals surface area contributed by atoms with Gasteiger partial charge in [0.15, 0.2) is 0 Å². The Bertz CT molecular complexity index is 474. The Kier molecular flexibility index (Phi) is 5.58. The van der Waals surface area contributed by atoms with E-state index in [0.29, 0.717) is 13.1 Å². The summed E-state index contributed by atoms with van der Waals surface area (Å²) in [6.07, 6.45) is 1.15. The fraction of sp³-hybridized carbons (Fsp3) is 0.500. The average molecular weight is 272 g/mol. The van der Waals surface area contributed by atoms with Crippen molar-refractivity contribution in [2.45, 2.75) is 13.0 Å². The topological polar surface area (TPSA) is 67.4 Å². The Morgan fingerprint density at radius 1 is 1.33 bits per heavy atom. The van der Waals surface area contributed by atoms with Gasteiger partial charge >= 0.3 is 0 Å². The normalized spacial score (nSPS) is 13.3. The highest BCUT2D eigenvalue weighted by atomic mass is 32.2. The number of methoxy groups -OCH3 is 1. The second-order valence-corrected chi connectivity index (χ2v) is 5.95. The van der Waals surface area contributed by atoms with Crippen LogP contribution in [0.1, 0.15) is 18.5 Å².